The molecule has 3 aromatic carbocycles. The van der Waals surface area contributed by atoms with Gasteiger partial charge in [-0.25, -0.2) is 8.42 Å². The molecule has 0 saturated heterocycles. The molecule has 1 aliphatic rings. The van der Waals surface area contributed by atoms with Crippen LogP contribution in [0.3, 0.4) is 0 Å². The van der Waals surface area contributed by atoms with Crippen LogP contribution in [-0.2, 0) is 26.0 Å². The highest BCUT2D eigenvalue weighted by molar-refractivity contribution is 7.92. The smallest absolute Gasteiger partial charge is 0.264 e. The number of anilines is 1. The highest BCUT2D eigenvalue weighted by atomic mass is 32.2. The van der Waals surface area contributed by atoms with Gasteiger partial charge in [0.25, 0.3) is 10.0 Å². The summed E-state index contributed by atoms with van der Waals surface area (Å²) in [5.41, 5.74) is 3.41. The summed E-state index contributed by atoms with van der Waals surface area (Å²) in [6.07, 6.45) is 6.20. The van der Waals surface area contributed by atoms with Crippen molar-refractivity contribution >= 4 is 27.5 Å². The van der Waals surface area contributed by atoms with Crippen LogP contribution in [0.25, 0.3) is 0 Å². The molecule has 0 spiro atoms. The third-order valence-electron chi connectivity index (χ3n) is 8.21. The van der Waals surface area contributed by atoms with Crippen molar-refractivity contribution in [1.82, 2.24) is 10.2 Å². The van der Waals surface area contributed by atoms with E-state index in [1.807, 2.05) is 57.2 Å². The van der Waals surface area contributed by atoms with Crippen molar-refractivity contribution in [2.24, 2.45) is 0 Å². The first kappa shape index (κ1) is 31.3. The maximum absolute atomic E-state index is 14.2. The third-order valence-corrected chi connectivity index (χ3v) is 10.00. The molecular weight excluding hydrogens is 546 g/mol. The second kappa shape index (κ2) is 14.5. The second-order valence-electron chi connectivity index (χ2n) is 11.2. The number of nitrogens with zero attached hydrogens (tertiary/aromatic N) is 2. The van der Waals surface area contributed by atoms with E-state index in [0.717, 1.165) is 42.4 Å². The zero-order valence-corrected chi connectivity index (χ0v) is 25.8. The predicted molar refractivity (Wildman–Crippen MR) is 168 cm³/mol. The fraction of sp³-hybridized carbons (Fsp3) is 0.412. The molecule has 3 aromatic rings. The van der Waals surface area contributed by atoms with E-state index in [1.54, 1.807) is 35.2 Å². The first-order valence-electron chi connectivity index (χ1n) is 15.0. The fourth-order valence-corrected chi connectivity index (χ4v) is 7.00. The Bertz CT molecular complexity index is 1440. The minimum Gasteiger partial charge on any atom is -0.352 e. The van der Waals surface area contributed by atoms with Crippen LogP contribution in [0.4, 0.5) is 5.69 Å². The monoisotopic (exact) mass is 589 g/mol. The Labute approximate surface area is 251 Å². The Balaban J connectivity index is 1.67. The van der Waals surface area contributed by atoms with Crippen molar-refractivity contribution in [3.8, 4) is 0 Å². The molecule has 224 valence electrons. The van der Waals surface area contributed by atoms with E-state index >= 15 is 0 Å². The molecule has 0 aromatic heterocycles. The van der Waals surface area contributed by atoms with Crippen molar-refractivity contribution in [1.29, 1.82) is 0 Å². The van der Waals surface area contributed by atoms with E-state index in [9.17, 15) is 18.0 Å². The molecule has 1 saturated carbocycles. The molecule has 1 fully saturated rings. The standard InChI is InChI=1S/C34H43N3O4S/c1-4-32(34(39)35-29-16-10-6-11-17-29)36(23-22-28-14-8-5-9-15-28)33(38)25-37(30-21-20-26(2)27(3)24-30)42(40,41)31-18-12-7-13-19-31/h5,7-9,12-15,18-21,24,29,32H,4,6,10-11,16-17,22-23,25H2,1-3H3,(H,35,39)/t32-/m0/s1. The summed E-state index contributed by atoms with van der Waals surface area (Å²) in [5, 5.41) is 3.19. The maximum atomic E-state index is 14.2. The van der Waals surface area contributed by atoms with Gasteiger partial charge in [-0.2, -0.15) is 0 Å². The molecule has 0 heterocycles. The minimum atomic E-state index is -4.07. The number of benzene rings is 3. The Kier molecular flexibility index (Phi) is 10.8. The first-order valence-corrected chi connectivity index (χ1v) is 16.4. The lowest BCUT2D eigenvalue weighted by molar-refractivity contribution is -0.140. The predicted octanol–water partition coefficient (Wildman–Crippen LogP) is 5.80. The van der Waals surface area contributed by atoms with E-state index < -0.39 is 28.5 Å². The summed E-state index contributed by atoms with van der Waals surface area (Å²) >= 11 is 0. The highest BCUT2D eigenvalue weighted by Gasteiger charge is 2.34. The van der Waals surface area contributed by atoms with Gasteiger partial charge in [0.2, 0.25) is 11.8 Å². The van der Waals surface area contributed by atoms with E-state index in [0.29, 0.717) is 25.1 Å². The van der Waals surface area contributed by atoms with Crippen molar-refractivity contribution in [3.05, 3.63) is 95.6 Å². The number of carbonyl (C=O) groups excluding carboxylic acids is 2. The zero-order chi connectivity index (χ0) is 30.1. The van der Waals surface area contributed by atoms with Gasteiger partial charge in [0, 0.05) is 12.6 Å². The number of nitrogens with one attached hydrogen (secondary N) is 1. The third kappa shape index (κ3) is 7.79. The second-order valence-corrected chi connectivity index (χ2v) is 13.0. The van der Waals surface area contributed by atoms with Crippen LogP contribution in [0.1, 0.15) is 62.1 Å². The van der Waals surface area contributed by atoms with Crippen LogP contribution in [-0.4, -0.2) is 50.3 Å². The lowest BCUT2D eigenvalue weighted by Gasteiger charge is -2.34. The van der Waals surface area contributed by atoms with Gasteiger partial charge in [0.1, 0.15) is 12.6 Å². The number of hydrogen-bond donors (Lipinski definition) is 1. The van der Waals surface area contributed by atoms with Crippen molar-refractivity contribution in [3.63, 3.8) is 0 Å². The van der Waals surface area contributed by atoms with E-state index in [-0.39, 0.29) is 16.8 Å². The molecule has 2 amide bonds. The SMILES string of the molecule is CC[C@@H](C(=O)NC1CCCCC1)N(CCc1ccccc1)C(=O)CN(c1ccc(C)c(C)c1)S(=O)(=O)c1ccccc1. The van der Waals surface area contributed by atoms with Gasteiger partial charge in [-0.1, -0.05) is 80.8 Å². The molecule has 1 aliphatic carbocycles. The molecule has 0 aliphatic heterocycles. The maximum Gasteiger partial charge on any atom is 0.264 e. The Morgan fingerprint density at radius 2 is 1.52 bits per heavy atom. The summed E-state index contributed by atoms with van der Waals surface area (Å²) in [4.78, 5) is 29.5. The summed E-state index contributed by atoms with van der Waals surface area (Å²) in [5.74, 6) is -0.580. The molecular formula is C34H43N3O4S. The lowest BCUT2D eigenvalue weighted by Crippen LogP contribution is -2.54. The van der Waals surface area contributed by atoms with Gasteiger partial charge in [-0.05, 0) is 80.5 Å². The number of sulfonamides is 1. The van der Waals surface area contributed by atoms with E-state index in [1.165, 1.54) is 22.9 Å². The van der Waals surface area contributed by atoms with Crippen LogP contribution in [0.2, 0.25) is 0 Å². The normalized spacial score (nSPS) is 14.6. The summed E-state index contributed by atoms with van der Waals surface area (Å²) in [6, 6.07) is 22.8. The van der Waals surface area contributed by atoms with Gasteiger partial charge in [-0.15, -0.1) is 0 Å². The fourth-order valence-electron chi connectivity index (χ4n) is 5.57. The number of hydrogen-bond acceptors (Lipinski definition) is 4. The summed E-state index contributed by atoms with van der Waals surface area (Å²) in [6.45, 7) is 5.66. The van der Waals surface area contributed by atoms with Gasteiger partial charge < -0.3 is 10.2 Å². The number of carbonyl (C=O) groups is 2. The number of rotatable bonds is 12. The molecule has 4 rings (SSSR count). The van der Waals surface area contributed by atoms with Crippen LogP contribution in [0.5, 0.6) is 0 Å². The molecule has 7 nitrogen and oxygen atoms in total. The molecule has 0 bridgehead atoms. The van der Waals surface area contributed by atoms with Gasteiger partial charge in [-0.3, -0.25) is 13.9 Å². The van der Waals surface area contributed by atoms with Crippen molar-refractivity contribution in [2.45, 2.75) is 82.7 Å². The van der Waals surface area contributed by atoms with E-state index in [2.05, 4.69) is 5.32 Å². The zero-order valence-electron chi connectivity index (χ0n) is 25.0. The first-order chi connectivity index (χ1) is 20.2. The Morgan fingerprint density at radius 3 is 2.14 bits per heavy atom. The molecule has 1 N–H and O–H groups in total. The topological polar surface area (TPSA) is 86.8 Å². The Hall–Kier alpha value is -3.65. The average Bonchev–Trinajstić information content (AvgIpc) is 3.00. The lowest BCUT2D eigenvalue weighted by atomic mass is 9.95. The highest BCUT2D eigenvalue weighted by Crippen LogP contribution is 2.26. The largest absolute Gasteiger partial charge is 0.352 e. The number of amides is 2. The van der Waals surface area contributed by atoms with Crippen LogP contribution in [0.15, 0.2) is 83.8 Å². The Morgan fingerprint density at radius 1 is 0.881 bits per heavy atom. The van der Waals surface area contributed by atoms with Gasteiger partial charge in [0.15, 0.2) is 0 Å². The van der Waals surface area contributed by atoms with Crippen molar-refractivity contribution in [2.75, 3.05) is 17.4 Å². The van der Waals surface area contributed by atoms with Crippen LogP contribution in [0, 0.1) is 13.8 Å². The van der Waals surface area contributed by atoms with Crippen LogP contribution >= 0.6 is 0 Å². The van der Waals surface area contributed by atoms with Gasteiger partial charge in [0.05, 0.1) is 10.6 Å². The summed E-state index contributed by atoms with van der Waals surface area (Å²) in [7, 11) is -4.07. The molecule has 0 unspecified atom stereocenters. The minimum absolute atomic E-state index is 0.106. The summed E-state index contributed by atoms with van der Waals surface area (Å²) < 4.78 is 29.1. The average molecular weight is 590 g/mol. The van der Waals surface area contributed by atoms with Gasteiger partial charge >= 0.3 is 0 Å². The number of aryl methyl sites for hydroxylation is 2. The molecule has 8 heteroatoms. The molecule has 1 atom stereocenters. The molecule has 42 heavy (non-hydrogen) atoms. The van der Waals surface area contributed by atoms with Crippen LogP contribution < -0.4 is 9.62 Å². The molecule has 0 radical (unpaired) electrons. The quantitative estimate of drug-likeness (QED) is 0.289. The van der Waals surface area contributed by atoms with Crippen molar-refractivity contribution < 1.29 is 18.0 Å². The van der Waals surface area contributed by atoms with E-state index in [4.69, 9.17) is 0 Å².